The minimum absolute atomic E-state index is 0.0198. The lowest BCUT2D eigenvalue weighted by Crippen LogP contribution is -2.13. The number of aryl methyl sites for hydroxylation is 1. The molecule has 0 aliphatic rings. The van der Waals surface area contributed by atoms with E-state index in [0.29, 0.717) is 33.5 Å². The van der Waals surface area contributed by atoms with Crippen molar-refractivity contribution >= 4 is 33.6 Å². The van der Waals surface area contributed by atoms with Gasteiger partial charge in [-0.1, -0.05) is 42.0 Å². The van der Waals surface area contributed by atoms with Crippen LogP contribution in [0.5, 0.6) is 5.75 Å². The standard InChI is InChI=1S/C28H22BrN3O2/c1-3-6-21-13-20(14-24(17-31)28(33)32-25-11-9-19(2)10-12-25)15-26(29)27(21)34-18-23-8-5-4-7-22(23)16-30/h3-5,7-15H,1,6,18H2,2H3,(H,32,33)/b24-14-. The highest BCUT2D eigenvalue weighted by atomic mass is 79.9. The van der Waals surface area contributed by atoms with E-state index < -0.39 is 5.91 Å². The maximum Gasteiger partial charge on any atom is 0.266 e. The Balaban J connectivity index is 1.87. The zero-order chi connectivity index (χ0) is 24.5. The van der Waals surface area contributed by atoms with E-state index in [1.165, 1.54) is 6.08 Å². The highest BCUT2D eigenvalue weighted by Gasteiger charge is 2.14. The Bertz CT molecular complexity index is 1330. The van der Waals surface area contributed by atoms with E-state index in [0.717, 1.165) is 16.7 Å². The van der Waals surface area contributed by atoms with Crippen molar-refractivity contribution in [3.63, 3.8) is 0 Å². The van der Waals surface area contributed by atoms with Crippen LogP contribution in [0.4, 0.5) is 5.69 Å². The lowest BCUT2D eigenvalue weighted by atomic mass is 10.0. The van der Waals surface area contributed by atoms with Gasteiger partial charge in [0.1, 0.15) is 24.0 Å². The van der Waals surface area contributed by atoms with Gasteiger partial charge in [-0.25, -0.2) is 0 Å². The topological polar surface area (TPSA) is 85.9 Å². The second-order valence-corrected chi connectivity index (χ2v) is 8.39. The lowest BCUT2D eigenvalue weighted by molar-refractivity contribution is -0.112. The molecule has 0 unspecified atom stereocenters. The SMILES string of the molecule is C=CCc1cc(/C=C(/C#N)C(=O)Nc2ccc(C)cc2)cc(Br)c1OCc1ccccc1C#N. The molecule has 0 aliphatic heterocycles. The molecule has 1 amide bonds. The largest absolute Gasteiger partial charge is 0.487 e. The maximum atomic E-state index is 12.6. The van der Waals surface area contributed by atoms with Crippen LogP contribution in [0.2, 0.25) is 0 Å². The Labute approximate surface area is 207 Å². The fourth-order valence-electron chi connectivity index (χ4n) is 3.28. The Morgan fingerprint density at radius 2 is 1.85 bits per heavy atom. The van der Waals surface area contributed by atoms with Crippen molar-refractivity contribution in [2.75, 3.05) is 5.32 Å². The molecule has 3 aromatic carbocycles. The minimum atomic E-state index is -0.485. The van der Waals surface area contributed by atoms with Crippen LogP contribution < -0.4 is 10.1 Å². The van der Waals surface area contributed by atoms with Gasteiger partial charge in [-0.3, -0.25) is 4.79 Å². The summed E-state index contributed by atoms with van der Waals surface area (Å²) in [4.78, 5) is 12.6. The quantitative estimate of drug-likeness (QED) is 0.213. The zero-order valence-electron chi connectivity index (χ0n) is 18.6. The lowest BCUT2D eigenvalue weighted by Gasteiger charge is -2.15. The Kier molecular flexibility index (Phi) is 8.40. The molecule has 6 heteroatoms. The average Bonchev–Trinajstić information content (AvgIpc) is 2.83. The number of rotatable bonds is 8. The van der Waals surface area contributed by atoms with Crippen molar-refractivity contribution in [1.82, 2.24) is 0 Å². The molecule has 0 radical (unpaired) electrons. The van der Waals surface area contributed by atoms with Gasteiger partial charge in [0.15, 0.2) is 0 Å². The van der Waals surface area contributed by atoms with Crippen molar-refractivity contribution < 1.29 is 9.53 Å². The fourth-order valence-corrected chi connectivity index (χ4v) is 3.91. The van der Waals surface area contributed by atoms with Crippen LogP contribution in [0.1, 0.15) is 27.8 Å². The average molecular weight is 512 g/mol. The van der Waals surface area contributed by atoms with Crippen LogP contribution in [-0.4, -0.2) is 5.91 Å². The molecule has 0 heterocycles. The van der Waals surface area contributed by atoms with E-state index in [-0.39, 0.29) is 12.2 Å². The molecule has 0 aliphatic carbocycles. The number of hydrogen-bond donors (Lipinski definition) is 1. The van der Waals surface area contributed by atoms with Crippen LogP contribution in [0.15, 0.2) is 83.4 Å². The minimum Gasteiger partial charge on any atom is -0.487 e. The molecule has 0 aromatic heterocycles. The summed E-state index contributed by atoms with van der Waals surface area (Å²) in [6.45, 7) is 6.00. The first-order valence-corrected chi connectivity index (χ1v) is 11.3. The molecule has 0 fully saturated rings. The number of amides is 1. The number of carbonyl (C=O) groups excluding carboxylic acids is 1. The van der Waals surface area contributed by atoms with Crippen molar-refractivity contribution in [2.45, 2.75) is 20.0 Å². The first kappa shape index (κ1) is 24.5. The van der Waals surface area contributed by atoms with Gasteiger partial charge < -0.3 is 10.1 Å². The van der Waals surface area contributed by atoms with Gasteiger partial charge in [0, 0.05) is 11.3 Å². The fraction of sp³-hybridized carbons (Fsp3) is 0.107. The van der Waals surface area contributed by atoms with E-state index in [4.69, 9.17) is 4.74 Å². The van der Waals surface area contributed by atoms with Crippen LogP contribution >= 0.6 is 15.9 Å². The molecule has 0 spiro atoms. The maximum absolute atomic E-state index is 12.6. The molecular weight excluding hydrogens is 490 g/mol. The summed E-state index contributed by atoms with van der Waals surface area (Å²) in [7, 11) is 0. The number of benzene rings is 3. The number of ether oxygens (including phenoxy) is 1. The molecular formula is C28H22BrN3O2. The van der Waals surface area contributed by atoms with Crippen LogP contribution in [0.3, 0.4) is 0 Å². The summed E-state index contributed by atoms with van der Waals surface area (Å²) in [5.41, 5.74) is 4.52. The van der Waals surface area contributed by atoms with Gasteiger partial charge in [-0.15, -0.1) is 6.58 Å². The predicted octanol–water partition coefficient (Wildman–Crippen LogP) is 6.48. The number of halogens is 1. The van der Waals surface area contributed by atoms with Gasteiger partial charge in [0.2, 0.25) is 0 Å². The number of allylic oxidation sites excluding steroid dienone is 1. The van der Waals surface area contributed by atoms with Crippen LogP contribution in [0.25, 0.3) is 6.08 Å². The third kappa shape index (κ3) is 6.22. The van der Waals surface area contributed by atoms with Gasteiger partial charge >= 0.3 is 0 Å². The van der Waals surface area contributed by atoms with E-state index in [1.54, 1.807) is 30.3 Å². The van der Waals surface area contributed by atoms with E-state index >= 15 is 0 Å². The van der Waals surface area contributed by atoms with Crippen LogP contribution in [0, 0.1) is 29.6 Å². The van der Waals surface area contributed by atoms with E-state index in [1.807, 2.05) is 49.4 Å². The van der Waals surface area contributed by atoms with Crippen molar-refractivity contribution in [2.24, 2.45) is 0 Å². The Morgan fingerprint density at radius 3 is 2.53 bits per heavy atom. The van der Waals surface area contributed by atoms with Gasteiger partial charge in [-0.05, 0) is 76.8 Å². The molecule has 3 rings (SSSR count). The molecule has 5 nitrogen and oxygen atoms in total. The highest BCUT2D eigenvalue weighted by molar-refractivity contribution is 9.10. The van der Waals surface area contributed by atoms with Crippen molar-refractivity contribution in [3.05, 3.63) is 111 Å². The van der Waals surface area contributed by atoms with Gasteiger partial charge in [0.05, 0.1) is 16.1 Å². The number of anilines is 1. The summed E-state index contributed by atoms with van der Waals surface area (Å²) in [5, 5.41) is 21.6. The molecule has 34 heavy (non-hydrogen) atoms. The molecule has 0 saturated heterocycles. The highest BCUT2D eigenvalue weighted by Crippen LogP contribution is 2.33. The summed E-state index contributed by atoms with van der Waals surface area (Å²) >= 11 is 3.55. The van der Waals surface area contributed by atoms with E-state index in [2.05, 4.69) is 33.9 Å². The smallest absolute Gasteiger partial charge is 0.266 e. The monoisotopic (exact) mass is 511 g/mol. The number of hydrogen-bond acceptors (Lipinski definition) is 4. The molecule has 168 valence electrons. The molecule has 3 aromatic rings. The number of nitriles is 2. The number of carbonyl (C=O) groups is 1. The predicted molar refractivity (Wildman–Crippen MR) is 137 cm³/mol. The zero-order valence-corrected chi connectivity index (χ0v) is 20.2. The van der Waals surface area contributed by atoms with Crippen molar-refractivity contribution in [1.29, 1.82) is 10.5 Å². The third-order valence-electron chi connectivity index (χ3n) is 5.00. The molecule has 1 N–H and O–H groups in total. The van der Waals surface area contributed by atoms with E-state index in [9.17, 15) is 15.3 Å². The second kappa shape index (κ2) is 11.7. The summed E-state index contributed by atoms with van der Waals surface area (Å²) < 4.78 is 6.73. The summed E-state index contributed by atoms with van der Waals surface area (Å²) in [5.74, 6) is 0.133. The Hall–Kier alpha value is -4.13. The first-order valence-electron chi connectivity index (χ1n) is 10.5. The first-order chi connectivity index (χ1) is 16.4. The number of nitrogens with one attached hydrogen (secondary N) is 1. The van der Waals surface area contributed by atoms with Crippen molar-refractivity contribution in [3.8, 4) is 17.9 Å². The molecule has 0 atom stereocenters. The van der Waals surface area contributed by atoms with Gasteiger partial charge in [-0.2, -0.15) is 10.5 Å². The summed E-state index contributed by atoms with van der Waals surface area (Å²) in [6.07, 6.45) is 3.81. The van der Waals surface area contributed by atoms with Crippen LogP contribution in [-0.2, 0) is 17.8 Å². The number of nitrogens with zero attached hydrogens (tertiary/aromatic N) is 2. The normalized spacial score (nSPS) is 10.6. The second-order valence-electron chi connectivity index (χ2n) is 7.53. The van der Waals surface area contributed by atoms with Gasteiger partial charge in [0.25, 0.3) is 5.91 Å². The summed E-state index contributed by atoms with van der Waals surface area (Å²) in [6, 6.07) is 22.4. The molecule has 0 saturated carbocycles. The Morgan fingerprint density at radius 1 is 1.12 bits per heavy atom. The third-order valence-corrected chi connectivity index (χ3v) is 5.59. The molecule has 0 bridgehead atoms.